The summed E-state index contributed by atoms with van der Waals surface area (Å²) in [6, 6.07) is 8.70. The fourth-order valence-electron chi connectivity index (χ4n) is 4.16. The van der Waals surface area contributed by atoms with Crippen molar-refractivity contribution in [1.82, 2.24) is 9.78 Å². The van der Waals surface area contributed by atoms with E-state index in [1.807, 2.05) is 18.2 Å². The summed E-state index contributed by atoms with van der Waals surface area (Å²) in [5.74, 6) is 1.32. The van der Waals surface area contributed by atoms with Crippen molar-refractivity contribution in [3.63, 3.8) is 0 Å². The average molecular weight is 352 g/mol. The number of hydrogen-bond acceptors (Lipinski definition) is 3. The monoisotopic (exact) mass is 352 g/mol. The summed E-state index contributed by atoms with van der Waals surface area (Å²) in [7, 11) is 0. The molecule has 1 heterocycles. The number of hydrogen-bond donors (Lipinski definition) is 2. The van der Waals surface area contributed by atoms with Gasteiger partial charge >= 0.3 is 0 Å². The van der Waals surface area contributed by atoms with Gasteiger partial charge in [0.25, 0.3) is 0 Å². The standard InChI is InChI=1S/C20H24N4O2/c1-13(24-11-5-10-21-24)19(25)22-14-6-4-7-15(12-14)23-20(26)18-16-8-2-3-9-17(16)18/h4-7,10-13,16-18H,2-3,8-9H2,1H3,(H,22,25)(H,23,26)/t13-,16-,17+,18?/m1/s1. The molecule has 4 rings (SSSR count). The second kappa shape index (κ2) is 6.94. The molecule has 2 aliphatic carbocycles. The Morgan fingerprint density at radius 3 is 2.46 bits per heavy atom. The Morgan fingerprint density at radius 1 is 1.12 bits per heavy atom. The van der Waals surface area contributed by atoms with Crippen LogP contribution in [0.15, 0.2) is 42.7 Å². The quantitative estimate of drug-likeness (QED) is 0.865. The smallest absolute Gasteiger partial charge is 0.248 e. The zero-order chi connectivity index (χ0) is 18.1. The maximum absolute atomic E-state index is 12.5. The summed E-state index contributed by atoms with van der Waals surface area (Å²) in [4.78, 5) is 24.9. The molecule has 2 aromatic rings. The van der Waals surface area contributed by atoms with Gasteiger partial charge in [0, 0.05) is 29.7 Å². The summed E-state index contributed by atoms with van der Waals surface area (Å²) in [5.41, 5.74) is 1.39. The lowest BCUT2D eigenvalue weighted by atomic mass is 10.0. The number of carbonyl (C=O) groups excluding carboxylic acids is 2. The van der Waals surface area contributed by atoms with E-state index >= 15 is 0 Å². The van der Waals surface area contributed by atoms with Gasteiger partial charge in [0.15, 0.2) is 0 Å². The number of anilines is 2. The summed E-state index contributed by atoms with van der Waals surface area (Å²) >= 11 is 0. The molecule has 0 saturated heterocycles. The van der Waals surface area contributed by atoms with Gasteiger partial charge in [0.1, 0.15) is 6.04 Å². The van der Waals surface area contributed by atoms with E-state index in [4.69, 9.17) is 0 Å². The normalized spacial score (nSPS) is 25.0. The second-order valence-electron chi connectivity index (χ2n) is 7.36. The highest BCUT2D eigenvalue weighted by molar-refractivity contribution is 5.97. The molecule has 2 fully saturated rings. The fraction of sp³-hybridized carbons (Fsp3) is 0.450. The number of fused-ring (bicyclic) bond motifs is 1. The first kappa shape index (κ1) is 16.8. The van der Waals surface area contributed by atoms with E-state index < -0.39 is 6.04 Å². The zero-order valence-electron chi connectivity index (χ0n) is 14.9. The van der Waals surface area contributed by atoms with Crippen LogP contribution in [0.5, 0.6) is 0 Å². The minimum Gasteiger partial charge on any atom is -0.326 e. The summed E-state index contributed by atoms with van der Waals surface area (Å²) in [5, 5.41) is 10.0. The Balaban J connectivity index is 1.37. The molecule has 4 atom stereocenters. The van der Waals surface area contributed by atoms with Gasteiger partial charge in [-0.2, -0.15) is 5.10 Å². The van der Waals surface area contributed by atoms with Crippen LogP contribution in [0, 0.1) is 17.8 Å². The first-order chi connectivity index (χ1) is 12.6. The first-order valence-electron chi connectivity index (χ1n) is 9.34. The molecule has 0 radical (unpaired) electrons. The van der Waals surface area contributed by atoms with Crippen molar-refractivity contribution in [2.24, 2.45) is 17.8 Å². The molecule has 1 aromatic carbocycles. The van der Waals surface area contributed by atoms with Gasteiger partial charge in [0.2, 0.25) is 11.8 Å². The average Bonchev–Trinajstić information content (AvgIpc) is 3.12. The fourth-order valence-corrected chi connectivity index (χ4v) is 4.16. The van der Waals surface area contributed by atoms with Crippen LogP contribution in [0.2, 0.25) is 0 Å². The number of benzene rings is 1. The largest absolute Gasteiger partial charge is 0.326 e. The molecule has 2 aliphatic rings. The molecule has 1 unspecified atom stereocenters. The van der Waals surface area contributed by atoms with Crippen molar-refractivity contribution in [1.29, 1.82) is 0 Å². The van der Waals surface area contributed by atoms with Gasteiger partial charge in [-0.15, -0.1) is 0 Å². The molecular formula is C20H24N4O2. The van der Waals surface area contributed by atoms with E-state index in [2.05, 4.69) is 15.7 Å². The minimum atomic E-state index is -0.405. The summed E-state index contributed by atoms with van der Waals surface area (Å²) < 4.78 is 1.61. The SMILES string of the molecule is C[C@H](C(=O)Nc1cccc(NC(=O)C2[C@H]3CCCC[C@@H]23)c1)n1cccn1. The molecule has 0 spiro atoms. The maximum Gasteiger partial charge on any atom is 0.248 e. The van der Waals surface area contributed by atoms with Crippen molar-refractivity contribution in [2.45, 2.75) is 38.6 Å². The van der Waals surface area contributed by atoms with E-state index in [1.54, 1.807) is 36.1 Å². The Hall–Kier alpha value is -2.63. The second-order valence-corrected chi connectivity index (χ2v) is 7.36. The van der Waals surface area contributed by atoms with Gasteiger partial charge < -0.3 is 10.6 Å². The highest BCUT2D eigenvalue weighted by Gasteiger charge is 2.54. The highest BCUT2D eigenvalue weighted by Crippen LogP contribution is 2.55. The Labute approximate surface area is 153 Å². The van der Waals surface area contributed by atoms with Gasteiger partial charge in [-0.3, -0.25) is 14.3 Å². The summed E-state index contributed by atoms with van der Waals surface area (Å²) in [6.45, 7) is 1.79. The van der Waals surface area contributed by atoms with E-state index in [-0.39, 0.29) is 17.7 Å². The number of rotatable bonds is 5. The van der Waals surface area contributed by atoms with Gasteiger partial charge in [-0.25, -0.2) is 0 Å². The predicted octanol–water partition coefficient (Wildman–Crippen LogP) is 3.46. The molecule has 136 valence electrons. The third-order valence-corrected chi connectivity index (χ3v) is 5.66. The van der Waals surface area contributed by atoms with Crippen LogP contribution in [-0.4, -0.2) is 21.6 Å². The lowest BCUT2D eigenvalue weighted by Gasteiger charge is -2.13. The van der Waals surface area contributed by atoms with Crippen molar-refractivity contribution in [3.8, 4) is 0 Å². The number of carbonyl (C=O) groups is 2. The predicted molar refractivity (Wildman–Crippen MR) is 99.6 cm³/mol. The Morgan fingerprint density at radius 2 is 1.81 bits per heavy atom. The third-order valence-electron chi connectivity index (χ3n) is 5.66. The van der Waals surface area contributed by atoms with E-state index in [9.17, 15) is 9.59 Å². The van der Waals surface area contributed by atoms with Crippen molar-refractivity contribution in [3.05, 3.63) is 42.7 Å². The topological polar surface area (TPSA) is 76.0 Å². The van der Waals surface area contributed by atoms with E-state index in [0.29, 0.717) is 17.5 Å². The molecule has 2 N–H and O–H groups in total. The van der Waals surface area contributed by atoms with Crippen molar-refractivity contribution < 1.29 is 9.59 Å². The summed E-state index contributed by atoms with van der Waals surface area (Å²) in [6.07, 6.45) is 8.28. The lowest BCUT2D eigenvalue weighted by Crippen LogP contribution is -2.24. The maximum atomic E-state index is 12.5. The number of amides is 2. The van der Waals surface area contributed by atoms with Gasteiger partial charge in [0.05, 0.1) is 0 Å². The Bertz CT molecular complexity index is 790. The van der Waals surface area contributed by atoms with E-state index in [0.717, 1.165) is 5.69 Å². The number of nitrogens with zero attached hydrogens (tertiary/aromatic N) is 2. The first-order valence-corrected chi connectivity index (χ1v) is 9.34. The molecule has 6 nitrogen and oxygen atoms in total. The molecule has 2 saturated carbocycles. The van der Waals surface area contributed by atoms with Crippen LogP contribution in [0.4, 0.5) is 11.4 Å². The molecule has 0 bridgehead atoms. The van der Waals surface area contributed by atoms with Crippen molar-refractivity contribution in [2.75, 3.05) is 10.6 Å². The van der Waals surface area contributed by atoms with Gasteiger partial charge in [-0.05, 0) is 55.9 Å². The van der Waals surface area contributed by atoms with Crippen LogP contribution in [0.1, 0.15) is 38.6 Å². The zero-order valence-corrected chi connectivity index (χ0v) is 14.9. The number of aromatic nitrogens is 2. The molecule has 2 amide bonds. The molecular weight excluding hydrogens is 328 g/mol. The highest BCUT2D eigenvalue weighted by atomic mass is 16.2. The van der Waals surface area contributed by atoms with Crippen LogP contribution < -0.4 is 10.6 Å². The lowest BCUT2D eigenvalue weighted by molar-refractivity contribution is -0.119. The molecule has 0 aliphatic heterocycles. The van der Waals surface area contributed by atoms with Crippen LogP contribution in [0.3, 0.4) is 0 Å². The Kier molecular flexibility index (Phi) is 4.49. The molecule has 26 heavy (non-hydrogen) atoms. The molecule has 1 aromatic heterocycles. The molecule has 6 heteroatoms. The van der Waals surface area contributed by atoms with Crippen molar-refractivity contribution >= 4 is 23.2 Å². The van der Waals surface area contributed by atoms with Gasteiger partial charge in [-0.1, -0.05) is 18.9 Å². The van der Waals surface area contributed by atoms with Crippen LogP contribution >= 0.6 is 0 Å². The third kappa shape index (κ3) is 3.36. The van der Waals surface area contributed by atoms with Crippen LogP contribution in [-0.2, 0) is 9.59 Å². The minimum absolute atomic E-state index is 0.121. The van der Waals surface area contributed by atoms with E-state index in [1.165, 1.54) is 25.7 Å². The van der Waals surface area contributed by atoms with Crippen LogP contribution in [0.25, 0.3) is 0 Å². The number of nitrogens with one attached hydrogen (secondary N) is 2.